The van der Waals surface area contributed by atoms with Crippen molar-refractivity contribution < 1.29 is 4.74 Å². The summed E-state index contributed by atoms with van der Waals surface area (Å²) in [6, 6.07) is 2.24. The summed E-state index contributed by atoms with van der Waals surface area (Å²) < 4.78 is 6.07. The molecule has 1 N–H and O–H groups in total. The van der Waals surface area contributed by atoms with Gasteiger partial charge < -0.3 is 10.1 Å². The lowest BCUT2D eigenvalue weighted by atomic mass is 10.1. The molecule has 3 nitrogen and oxygen atoms in total. The normalized spacial score (nSPS) is 12.8. The average molecular weight is 245 g/mol. The third kappa shape index (κ3) is 3.06. The van der Waals surface area contributed by atoms with Crippen LogP contribution in [-0.2, 0) is 4.74 Å². The monoisotopic (exact) mass is 244 g/mol. The van der Waals surface area contributed by atoms with Crippen LogP contribution in [0.15, 0.2) is 22.9 Å². The van der Waals surface area contributed by atoms with E-state index in [9.17, 15) is 0 Å². The fourth-order valence-electron chi connectivity index (χ4n) is 1.13. The van der Waals surface area contributed by atoms with Crippen LogP contribution < -0.4 is 5.32 Å². The van der Waals surface area contributed by atoms with Gasteiger partial charge in [0.1, 0.15) is 0 Å². The number of nitrogens with zero attached hydrogens (tertiary/aromatic N) is 1. The lowest BCUT2D eigenvalue weighted by Gasteiger charge is -2.14. The molecule has 0 aromatic carbocycles. The van der Waals surface area contributed by atoms with Crippen LogP contribution in [0.25, 0.3) is 0 Å². The molecule has 13 heavy (non-hydrogen) atoms. The molecule has 1 unspecified atom stereocenters. The van der Waals surface area contributed by atoms with Crippen molar-refractivity contribution in [3.63, 3.8) is 0 Å². The number of hydrogen-bond donors (Lipinski definition) is 1. The third-order valence-corrected chi connectivity index (χ3v) is 2.24. The first kappa shape index (κ1) is 10.6. The minimum Gasteiger partial charge on any atom is -0.383 e. The van der Waals surface area contributed by atoms with Crippen LogP contribution in [0.2, 0.25) is 0 Å². The van der Waals surface area contributed by atoms with Crippen LogP contribution in [-0.4, -0.2) is 25.7 Å². The van der Waals surface area contributed by atoms with Crippen LogP contribution in [0, 0.1) is 0 Å². The number of methoxy groups -OCH3 is 1. The Morgan fingerprint density at radius 3 is 2.92 bits per heavy atom. The first-order valence-corrected chi connectivity index (χ1v) is 4.84. The fraction of sp³-hybridized carbons (Fsp3) is 0.444. The first-order chi connectivity index (χ1) is 6.27. The number of nitrogens with one attached hydrogen (secondary N) is 1. The van der Waals surface area contributed by atoms with Gasteiger partial charge >= 0.3 is 0 Å². The average Bonchev–Trinajstić information content (AvgIpc) is 2.14. The highest BCUT2D eigenvalue weighted by atomic mass is 79.9. The number of rotatable bonds is 4. The maximum Gasteiger partial charge on any atom is 0.0658 e. The standard InChI is InChI=1S/C9H13BrN2O/c1-11-9(6-13-2)7-3-8(10)5-12-4-7/h3-5,9,11H,6H2,1-2H3. The third-order valence-electron chi connectivity index (χ3n) is 1.81. The molecular formula is C9H13BrN2O. The molecule has 1 heterocycles. The molecule has 4 heteroatoms. The lowest BCUT2D eigenvalue weighted by molar-refractivity contribution is 0.170. The first-order valence-electron chi connectivity index (χ1n) is 4.04. The van der Waals surface area contributed by atoms with Crippen molar-refractivity contribution in [3.8, 4) is 0 Å². The van der Waals surface area contributed by atoms with E-state index in [2.05, 4.69) is 26.2 Å². The molecule has 0 aliphatic heterocycles. The largest absolute Gasteiger partial charge is 0.383 e. The van der Waals surface area contributed by atoms with Gasteiger partial charge in [-0.2, -0.15) is 0 Å². The van der Waals surface area contributed by atoms with Gasteiger partial charge in [0.2, 0.25) is 0 Å². The Hall–Kier alpha value is -0.450. The van der Waals surface area contributed by atoms with Gasteiger partial charge in [-0.25, -0.2) is 0 Å². The van der Waals surface area contributed by atoms with Crippen molar-refractivity contribution >= 4 is 15.9 Å². The topological polar surface area (TPSA) is 34.1 Å². The van der Waals surface area contributed by atoms with Crippen molar-refractivity contribution in [2.75, 3.05) is 20.8 Å². The minimum atomic E-state index is 0.204. The van der Waals surface area contributed by atoms with E-state index >= 15 is 0 Å². The van der Waals surface area contributed by atoms with Crippen molar-refractivity contribution in [2.24, 2.45) is 0 Å². The van der Waals surface area contributed by atoms with E-state index in [-0.39, 0.29) is 6.04 Å². The van der Waals surface area contributed by atoms with E-state index < -0.39 is 0 Å². The molecule has 0 radical (unpaired) electrons. The summed E-state index contributed by atoms with van der Waals surface area (Å²) in [7, 11) is 3.60. The number of hydrogen-bond acceptors (Lipinski definition) is 3. The summed E-state index contributed by atoms with van der Waals surface area (Å²) in [5.74, 6) is 0. The Morgan fingerprint density at radius 1 is 1.62 bits per heavy atom. The highest BCUT2D eigenvalue weighted by Crippen LogP contribution is 2.16. The number of pyridine rings is 1. The van der Waals surface area contributed by atoms with Gasteiger partial charge in [0.05, 0.1) is 12.6 Å². The SMILES string of the molecule is CNC(COC)c1cncc(Br)c1. The predicted molar refractivity (Wildman–Crippen MR) is 55.6 cm³/mol. The summed E-state index contributed by atoms with van der Waals surface area (Å²) in [6.07, 6.45) is 3.61. The molecule has 0 aliphatic rings. The van der Waals surface area contributed by atoms with E-state index in [1.807, 2.05) is 19.3 Å². The molecule has 1 atom stereocenters. The summed E-state index contributed by atoms with van der Waals surface area (Å²) in [4.78, 5) is 4.09. The maximum absolute atomic E-state index is 5.08. The van der Waals surface area contributed by atoms with E-state index in [1.165, 1.54) is 0 Å². The van der Waals surface area contributed by atoms with Crippen LogP contribution in [0.3, 0.4) is 0 Å². The fourth-order valence-corrected chi connectivity index (χ4v) is 1.51. The zero-order valence-electron chi connectivity index (χ0n) is 7.75. The lowest BCUT2D eigenvalue weighted by Crippen LogP contribution is -2.21. The van der Waals surface area contributed by atoms with Crippen LogP contribution in [0.4, 0.5) is 0 Å². The molecule has 1 aromatic heterocycles. The maximum atomic E-state index is 5.08. The summed E-state index contributed by atoms with van der Waals surface area (Å²) in [6.45, 7) is 0.647. The Balaban J connectivity index is 2.78. The molecule has 0 amide bonds. The van der Waals surface area contributed by atoms with Crippen molar-refractivity contribution in [2.45, 2.75) is 6.04 Å². The van der Waals surface area contributed by atoms with E-state index in [1.54, 1.807) is 13.3 Å². The van der Waals surface area contributed by atoms with Gasteiger partial charge in [-0.3, -0.25) is 4.98 Å². The molecule has 72 valence electrons. The number of halogens is 1. The highest BCUT2D eigenvalue weighted by molar-refractivity contribution is 9.10. The van der Waals surface area contributed by atoms with E-state index in [0.717, 1.165) is 10.0 Å². The number of ether oxygens (including phenoxy) is 1. The summed E-state index contributed by atoms with van der Waals surface area (Å²) in [5, 5.41) is 3.16. The van der Waals surface area contributed by atoms with Gasteiger partial charge in [-0.15, -0.1) is 0 Å². The second-order valence-corrected chi connectivity index (χ2v) is 3.65. The van der Waals surface area contributed by atoms with Gasteiger partial charge in [0, 0.05) is 24.0 Å². The Labute approximate surface area is 86.6 Å². The smallest absolute Gasteiger partial charge is 0.0658 e. The second kappa shape index (κ2) is 5.32. The molecular weight excluding hydrogens is 232 g/mol. The van der Waals surface area contributed by atoms with Crippen molar-refractivity contribution in [1.29, 1.82) is 0 Å². The van der Waals surface area contributed by atoms with Crippen LogP contribution in [0.5, 0.6) is 0 Å². The Kier molecular flexibility index (Phi) is 4.35. The van der Waals surface area contributed by atoms with Crippen molar-refractivity contribution in [1.82, 2.24) is 10.3 Å². The molecule has 0 saturated heterocycles. The zero-order chi connectivity index (χ0) is 9.68. The number of aromatic nitrogens is 1. The molecule has 1 aromatic rings. The molecule has 1 rings (SSSR count). The Morgan fingerprint density at radius 2 is 2.38 bits per heavy atom. The van der Waals surface area contributed by atoms with Gasteiger partial charge in [0.15, 0.2) is 0 Å². The molecule has 0 bridgehead atoms. The highest BCUT2D eigenvalue weighted by Gasteiger charge is 2.08. The number of likely N-dealkylation sites (N-methyl/N-ethyl adjacent to an activating group) is 1. The predicted octanol–water partition coefficient (Wildman–Crippen LogP) is 1.75. The zero-order valence-corrected chi connectivity index (χ0v) is 9.34. The Bertz CT molecular complexity index is 268. The molecule has 0 spiro atoms. The van der Waals surface area contributed by atoms with Gasteiger partial charge in [-0.1, -0.05) is 0 Å². The van der Waals surface area contributed by atoms with Gasteiger partial charge in [0.25, 0.3) is 0 Å². The molecule has 0 fully saturated rings. The molecule has 0 aliphatic carbocycles. The van der Waals surface area contributed by atoms with Crippen LogP contribution in [0.1, 0.15) is 11.6 Å². The quantitative estimate of drug-likeness (QED) is 0.877. The minimum absolute atomic E-state index is 0.204. The second-order valence-electron chi connectivity index (χ2n) is 2.73. The summed E-state index contributed by atoms with van der Waals surface area (Å²) >= 11 is 3.38. The van der Waals surface area contributed by atoms with E-state index in [4.69, 9.17) is 4.74 Å². The van der Waals surface area contributed by atoms with Gasteiger partial charge in [-0.05, 0) is 34.6 Å². The van der Waals surface area contributed by atoms with Crippen LogP contribution >= 0.6 is 15.9 Å². The van der Waals surface area contributed by atoms with Crippen molar-refractivity contribution in [3.05, 3.63) is 28.5 Å². The molecule has 0 saturated carbocycles. The summed E-state index contributed by atoms with van der Waals surface area (Å²) in [5.41, 5.74) is 1.12. The van der Waals surface area contributed by atoms with E-state index in [0.29, 0.717) is 6.61 Å².